The SMILES string of the molecule is CCC1CN(C(=O)CN2CCN(S(=O)(=O)c3cccc(Cl)c3Cl)CC2)CCO1. The van der Waals surface area contributed by atoms with E-state index in [1.165, 1.54) is 10.4 Å². The molecule has 2 aliphatic rings. The number of nitrogens with zero attached hydrogens (tertiary/aromatic N) is 3. The molecule has 2 aliphatic heterocycles. The Balaban J connectivity index is 1.57. The molecule has 1 amide bonds. The minimum atomic E-state index is -3.72. The van der Waals surface area contributed by atoms with Gasteiger partial charge in [0.25, 0.3) is 0 Å². The molecule has 7 nitrogen and oxygen atoms in total. The first-order chi connectivity index (χ1) is 13.3. The van der Waals surface area contributed by atoms with Crippen molar-refractivity contribution in [3.63, 3.8) is 0 Å². The van der Waals surface area contributed by atoms with E-state index in [0.717, 1.165) is 6.42 Å². The first-order valence-corrected chi connectivity index (χ1v) is 11.6. The standard InChI is InChI=1S/C18H25Cl2N3O4S/c1-2-14-12-22(10-11-27-14)17(24)13-21-6-8-23(9-7-21)28(25,26)16-5-3-4-15(19)18(16)20/h3-5,14H,2,6-13H2,1H3. The summed E-state index contributed by atoms with van der Waals surface area (Å²) in [6.07, 6.45) is 0.981. The van der Waals surface area contributed by atoms with Gasteiger partial charge in [0.15, 0.2) is 0 Å². The molecule has 0 radical (unpaired) electrons. The van der Waals surface area contributed by atoms with E-state index in [1.54, 1.807) is 12.1 Å². The number of carbonyl (C=O) groups is 1. The highest BCUT2D eigenvalue weighted by atomic mass is 35.5. The molecule has 10 heteroatoms. The lowest BCUT2D eigenvalue weighted by Crippen LogP contribution is -2.53. The van der Waals surface area contributed by atoms with Gasteiger partial charge < -0.3 is 9.64 Å². The van der Waals surface area contributed by atoms with E-state index in [4.69, 9.17) is 27.9 Å². The van der Waals surface area contributed by atoms with Gasteiger partial charge >= 0.3 is 0 Å². The van der Waals surface area contributed by atoms with Crippen LogP contribution in [0.4, 0.5) is 0 Å². The summed E-state index contributed by atoms with van der Waals surface area (Å²) < 4.78 is 32.8. The lowest BCUT2D eigenvalue weighted by molar-refractivity contribution is -0.140. The second-order valence-corrected chi connectivity index (χ2v) is 9.66. The fraction of sp³-hybridized carbons (Fsp3) is 0.611. The minimum Gasteiger partial charge on any atom is -0.375 e. The third-order valence-electron chi connectivity index (χ3n) is 5.17. The normalized spacial score (nSPS) is 22.4. The Morgan fingerprint density at radius 3 is 2.57 bits per heavy atom. The van der Waals surface area contributed by atoms with Gasteiger partial charge in [-0.3, -0.25) is 9.69 Å². The van der Waals surface area contributed by atoms with Gasteiger partial charge in [-0.15, -0.1) is 0 Å². The lowest BCUT2D eigenvalue weighted by atomic mass is 10.2. The number of morpholine rings is 1. The van der Waals surface area contributed by atoms with Crippen molar-refractivity contribution in [2.45, 2.75) is 24.3 Å². The summed E-state index contributed by atoms with van der Waals surface area (Å²) in [5.74, 6) is 0.0657. The Hall–Kier alpha value is -0.900. The topological polar surface area (TPSA) is 70.2 Å². The van der Waals surface area contributed by atoms with E-state index in [9.17, 15) is 13.2 Å². The molecule has 0 saturated carbocycles. The fourth-order valence-electron chi connectivity index (χ4n) is 3.43. The predicted octanol–water partition coefficient (Wildman–Crippen LogP) is 1.94. The highest BCUT2D eigenvalue weighted by molar-refractivity contribution is 7.89. The van der Waals surface area contributed by atoms with E-state index in [0.29, 0.717) is 52.4 Å². The maximum atomic E-state index is 12.9. The van der Waals surface area contributed by atoms with Gasteiger partial charge in [0.2, 0.25) is 15.9 Å². The maximum Gasteiger partial charge on any atom is 0.244 e. The highest BCUT2D eigenvalue weighted by Crippen LogP contribution is 2.31. The summed E-state index contributed by atoms with van der Waals surface area (Å²) in [6.45, 7) is 5.73. The number of amides is 1. The molecule has 1 aromatic rings. The van der Waals surface area contributed by atoms with Gasteiger partial charge in [-0.1, -0.05) is 36.2 Å². The molecule has 0 aliphatic carbocycles. The molecule has 3 rings (SSSR count). The summed E-state index contributed by atoms with van der Waals surface area (Å²) in [6, 6.07) is 4.59. The van der Waals surface area contributed by atoms with Crippen molar-refractivity contribution in [3.8, 4) is 0 Å². The molecule has 0 spiro atoms. The van der Waals surface area contributed by atoms with E-state index in [-0.39, 0.29) is 27.0 Å². The van der Waals surface area contributed by atoms with Crippen molar-refractivity contribution >= 4 is 39.1 Å². The average molecular weight is 450 g/mol. The van der Waals surface area contributed by atoms with E-state index in [1.807, 2.05) is 16.7 Å². The molecule has 0 N–H and O–H groups in total. The second kappa shape index (κ2) is 9.28. The summed E-state index contributed by atoms with van der Waals surface area (Å²) >= 11 is 12.1. The zero-order chi connectivity index (χ0) is 20.3. The fourth-order valence-corrected chi connectivity index (χ4v) is 5.59. The van der Waals surface area contributed by atoms with Crippen LogP contribution in [0.5, 0.6) is 0 Å². The molecule has 156 valence electrons. The highest BCUT2D eigenvalue weighted by Gasteiger charge is 2.32. The van der Waals surface area contributed by atoms with E-state index < -0.39 is 10.0 Å². The number of halogens is 2. The average Bonchev–Trinajstić information content (AvgIpc) is 2.70. The molecule has 1 unspecified atom stereocenters. The molecular formula is C18H25Cl2N3O4S. The van der Waals surface area contributed by atoms with Crippen LogP contribution in [-0.2, 0) is 19.6 Å². The van der Waals surface area contributed by atoms with Crippen molar-refractivity contribution in [1.29, 1.82) is 0 Å². The Bertz CT molecular complexity index is 813. The van der Waals surface area contributed by atoms with Gasteiger partial charge in [0.1, 0.15) is 4.90 Å². The number of benzene rings is 1. The van der Waals surface area contributed by atoms with Crippen LogP contribution in [0.1, 0.15) is 13.3 Å². The summed E-state index contributed by atoms with van der Waals surface area (Å²) in [4.78, 5) is 16.4. The van der Waals surface area contributed by atoms with Crippen LogP contribution < -0.4 is 0 Å². The lowest BCUT2D eigenvalue weighted by Gasteiger charge is -2.37. The molecule has 2 saturated heterocycles. The van der Waals surface area contributed by atoms with Gasteiger partial charge in [0.05, 0.1) is 29.3 Å². The number of carbonyl (C=O) groups excluding carboxylic acids is 1. The van der Waals surface area contributed by atoms with Crippen LogP contribution in [0.15, 0.2) is 23.1 Å². The third-order valence-corrected chi connectivity index (χ3v) is 8.04. The van der Waals surface area contributed by atoms with E-state index >= 15 is 0 Å². The first-order valence-electron chi connectivity index (χ1n) is 9.38. The molecule has 2 heterocycles. The van der Waals surface area contributed by atoms with Crippen LogP contribution in [0.25, 0.3) is 0 Å². The maximum absolute atomic E-state index is 12.9. The summed E-state index contributed by atoms with van der Waals surface area (Å²) in [7, 11) is -3.72. The second-order valence-electron chi connectivity index (χ2n) is 6.97. The van der Waals surface area contributed by atoms with Crippen molar-refractivity contribution in [1.82, 2.24) is 14.1 Å². The van der Waals surface area contributed by atoms with Gasteiger partial charge in [0, 0.05) is 39.3 Å². The zero-order valence-electron chi connectivity index (χ0n) is 15.8. The first kappa shape index (κ1) is 21.8. The van der Waals surface area contributed by atoms with Gasteiger partial charge in [-0.25, -0.2) is 8.42 Å². The smallest absolute Gasteiger partial charge is 0.244 e. The van der Waals surface area contributed by atoms with Crippen LogP contribution in [-0.4, -0.2) is 87.0 Å². The van der Waals surface area contributed by atoms with Gasteiger partial charge in [-0.05, 0) is 18.6 Å². The molecule has 1 aromatic carbocycles. The van der Waals surface area contributed by atoms with E-state index in [2.05, 4.69) is 0 Å². The number of rotatable bonds is 5. The summed E-state index contributed by atoms with van der Waals surface area (Å²) in [5, 5.41) is 0.252. The number of hydrogen-bond donors (Lipinski definition) is 0. The molecule has 0 bridgehead atoms. The predicted molar refractivity (Wildman–Crippen MR) is 108 cm³/mol. The number of hydrogen-bond acceptors (Lipinski definition) is 5. The largest absolute Gasteiger partial charge is 0.375 e. The van der Waals surface area contributed by atoms with Crippen LogP contribution in [0.2, 0.25) is 10.0 Å². The van der Waals surface area contributed by atoms with Crippen LogP contribution >= 0.6 is 23.2 Å². The van der Waals surface area contributed by atoms with Crippen molar-refractivity contribution in [2.24, 2.45) is 0 Å². The Labute approximate surface area is 176 Å². The Morgan fingerprint density at radius 2 is 1.89 bits per heavy atom. The van der Waals surface area contributed by atoms with Crippen LogP contribution in [0.3, 0.4) is 0 Å². The molecule has 1 atom stereocenters. The summed E-state index contributed by atoms with van der Waals surface area (Å²) in [5.41, 5.74) is 0. The van der Waals surface area contributed by atoms with Crippen molar-refractivity contribution < 1.29 is 17.9 Å². The minimum absolute atomic E-state index is 0.0186. The molecule has 2 fully saturated rings. The molecule has 28 heavy (non-hydrogen) atoms. The van der Waals surface area contributed by atoms with Crippen LogP contribution in [0, 0.1) is 0 Å². The Kier molecular flexibility index (Phi) is 7.22. The van der Waals surface area contributed by atoms with Gasteiger partial charge in [-0.2, -0.15) is 4.31 Å². The molecule has 0 aromatic heterocycles. The number of piperazine rings is 1. The zero-order valence-corrected chi connectivity index (χ0v) is 18.1. The quantitative estimate of drug-likeness (QED) is 0.686. The Morgan fingerprint density at radius 1 is 1.18 bits per heavy atom. The monoisotopic (exact) mass is 449 g/mol. The van der Waals surface area contributed by atoms with Crippen molar-refractivity contribution in [3.05, 3.63) is 28.2 Å². The number of sulfonamides is 1. The van der Waals surface area contributed by atoms with Crippen molar-refractivity contribution in [2.75, 3.05) is 52.4 Å². The number of ether oxygens (including phenoxy) is 1. The third kappa shape index (κ3) is 4.80. The molecular weight excluding hydrogens is 425 g/mol.